The van der Waals surface area contributed by atoms with Crippen molar-refractivity contribution in [3.63, 3.8) is 0 Å². The van der Waals surface area contributed by atoms with Crippen LogP contribution < -0.4 is 5.56 Å². The molecule has 2 atom stereocenters. The monoisotopic (exact) mass is 622 g/mol. The lowest BCUT2D eigenvalue weighted by Gasteiger charge is -2.43. The molecule has 2 aliphatic heterocycles. The topological polar surface area (TPSA) is 96.5 Å². The number of carbonyl (C=O) groups is 1. The van der Waals surface area contributed by atoms with Crippen molar-refractivity contribution in [3.8, 4) is 10.6 Å². The minimum Gasteiger partial charge on any atom is -0.388 e. The Kier molecular flexibility index (Phi) is 8.12. The first-order valence-electron chi connectivity index (χ1n) is 15.7. The van der Waals surface area contributed by atoms with E-state index >= 15 is 0 Å². The van der Waals surface area contributed by atoms with Crippen LogP contribution in [0.4, 0.5) is 0 Å². The van der Waals surface area contributed by atoms with Gasteiger partial charge in [-0.15, -0.1) is 11.3 Å². The lowest BCUT2D eigenvalue weighted by atomic mass is 9.79. The van der Waals surface area contributed by atoms with Crippen LogP contribution in [0.15, 0.2) is 90.2 Å². The number of rotatable bonds is 7. The number of thiazole rings is 1. The van der Waals surface area contributed by atoms with Crippen molar-refractivity contribution in [1.82, 2.24) is 28.9 Å². The first-order chi connectivity index (χ1) is 21.9. The Morgan fingerprint density at radius 2 is 1.73 bits per heavy atom. The molecule has 0 bridgehead atoms. The van der Waals surface area contributed by atoms with Crippen LogP contribution in [-0.2, 0) is 24.9 Å². The van der Waals surface area contributed by atoms with Crippen LogP contribution in [0.25, 0.3) is 21.6 Å². The fourth-order valence-corrected chi connectivity index (χ4v) is 7.92. The number of carbonyl (C=O) groups excluding carboxylic acids is 1. The summed E-state index contributed by atoms with van der Waals surface area (Å²) < 4.78 is 3.32. The Hall–Kier alpha value is -4.12. The van der Waals surface area contributed by atoms with E-state index in [1.807, 2.05) is 53.2 Å². The normalized spacial score (nSPS) is 20.4. The molecule has 9 nitrogen and oxygen atoms in total. The molecule has 2 fully saturated rings. The van der Waals surface area contributed by atoms with E-state index in [-0.39, 0.29) is 29.8 Å². The predicted molar refractivity (Wildman–Crippen MR) is 176 cm³/mol. The molecule has 1 N–H and O–H groups in total. The maximum absolute atomic E-state index is 14.1. The van der Waals surface area contributed by atoms with Gasteiger partial charge in [-0.1, -0.05) is 60.7 Å². The Morgan fingerprint density at radius 3 is 2.49 bits per heavy atom. The molecular formula is C35H38N6O3S. The molecular weight excluding hydrogens is 584 g/mol. The zero-order valence-electron chi connectivity index (χ0n) is 25.5. The second-order valence-corrected chi connectivity index (χ2v) is 13.7. The fourth-order valence-electron chi connectivity index (χ4n) is 6.96. The molecule has 2 saturated heterocycles. The van der Waals surface area contributed by atoms with E-state index in [1.54, 1.807) is 17.4 Å². The average molecular weight is 623 g/mol. The first kappa shape index (κ1) is 29.6. The number of hydrogen-bond acceptors (Lipinski definition) is 7. The van der Waals surface area contributed by atoms with Gasteiger partial charge in [-0.25, -0.2) is 9.97 Å². The first-order valence-corrected chi connectivity index (χ1v) is 16.5. The van der Waals surface area contributed by atoms with Gasteiger partial charge in [0.05, 0.1) is 17.5 Å². The van der Waals surface area contributed by atoms with Crippen molar-refractivity contribution < 1.29 is 9.90 Å². The van der Waals surface area contributed by atoms with E-state index in [0.717, 1.165) is 36.6 Å². The number of nitrogens with zero attached hydrogens (tertiary/aromatic N) is 6. The van der Waals surface area contributed by atoms with Gasteiger partial charge in [0.2, 0.25) is 5.91 Å². The van der Waals surface area contributed by atoms with Crippen molar-refractivity contribution in [2.75, 3.05) is 26.2 Å². The second-order valence-electron chi connectivity index (χ2n) is 12.5. The molecule has 0 spiro atoms. The molecule has 3 aromatic heterocycles. The molecule has 0 saturated carbocycles. The molecule has 0 radical (unpaired) electrons. The third-order valence-electron chi connectivity index (χ3n) is 9.52. The minimum atomic E-state index is -1.07. The number of hydrogen-bond donors (Lipinski definition) is 1. The smallest absolute Gasteiger partial charge is 0.262 e. The number of benzene rings is 2. The van der Waals surface area contributed by atoms with Gasteiger partial charge < -0.3 is 14.6 Å². The SMILES string of the molecule is Cn1ccc2c(=O)n(CC3(O)CCN(C(=O)[C@@H]4CCN(Cc5cnc(-c6ccccc6)s5)C[C@H]4c4ccccc4)CC3)cnc21. The molecule has 2 aromatic carbocycles. The second kappa shape index (κ2) is 12.3. The molecule has 5 aromatic rings. The van der Waals surface area contributed by atoms with Crippen molar-refractivity contribution in [3.05, 3.63) is 106 Å². The van der Waals surface area contributed by atoms with E-state index in [9.17, 15) is 14.7 Å². The Morgan fingerprint density at radius 1 is 1.00 bits per heavy atom. The van der Waals surface area contributed by atoms with E-state index in [2.05, 4.69) is 51.3 Å². The van der Waals surface area contributed by atoms with Gasteiger partial charge in [0.15, 0.2) is 0 Å². The molecule has 2 aliphatic rings. The van der Waals surface area contributed by atoms with Gasteiger partial charge in [-0.3, -0.25) is 19.1 Å². The molecule has 5 heterocycles. The number of aryl methyl sites for hydroxylation is 1. The van der Waals surface area contributed by atoms with Gasteiger partial charge in [-0.2, -0.15) is 0 Å². The molecule has 45 heavy (non-hydrogen) atoms. The zero-order chi connectivity index (χ0) is 31.0. The predicted octanol–water partition coefficient (Wildman–Crippen LogP) is 4.52. The van der Waals surface area contributed by atoms with Crippen molar-refractivity contribution in [2.45, 2.75) is 43.9 Å². The summed E-state index contributed by atoms with van der Waals surface area (Å²) in [5, 5.41) is 13.0. The standard InChI is InChI=1S/C35H38N6O3S/c1-38-16-12-29-31(38)37-24-41(34(29)43)23-35(44)14-18-40(19-15-35)33(42)28-13-17-39(22-30(28)25-8-4-2-5-9-25)21-27-20-36-32(45-27)26-10-6-3-7-11-26/h2-12,16,20,24,28,30,44H,13-15,17-19,21-23H2,1H3/t28-,30+/m1/s1. The number of likely N-dealkylation sites (tertiary alicyclic amines) is 2. The quantitative estimate of drug-likeness (QED) is 0.287. The van der Waals surface area contributed by atoms with E-state index < -0.39 is 5.60 Å². The Bertz CT molecular complexity index is 1840. The Labute approximate surface area is 266 Å². The third kappa shape index (κ3) is 6.10. The van der Waals surface area contributed by atoms with Gasteiger partial charge in [0.25, 0.3) is 5.56 Å². The minimum absolute atomic E-state index is 0.0806. The molecule has 0 unspecified atom stereocenters. The van der Waals surface area contributed by atoms with Crippen LogP contribution in [-0.4, -0.2) is 71.7 Å². The summed E-state index contributed by atoms with van der Waals surface area (Å²) in [5.41, 5.74) is 1.73. The highest BCUT2D eigenvalue weighted by Crippen LogP contribution is 2.36. The van der Waals surface area contributed by atoms with Crippen LogP contribution in [0.2, 0.25) is 0 Å². The van der Waals surface area contributed by atoms with E-state index in [1.165, 1.54) is 21.3 Å². The lowest BCUT2D eigenvalue weighted by Crippen LogP contribution is -2.53. The maximum atomic E-state index is 14.1. The summed E-state index contributed by atoms with van der Waals surface area (Å²) in [7, 11) is 1.86. The molecule has 10 heteroatoms. The van der Waals surface area contributed by atoms with Gasteiger partial charge in [0.1, 0.15) is 17.0 Å². The van der Waals surface area contributed by atoms with Crippen molar-refractivity contribution in [2.24, 2.45) is 13.0 Å². The third-order valence-corrected chi connectivity index (χ3v) is 10.5. The maximum Gasteiger partial charge on any atom is 0.262 e. The van der Waals surface area contributed by atoms with Crippen LogP contribution in [0.1, 0.15) is 35.6 Å². The summed E-state index contributed by atoms with van der Waals surface area (Å²) in [5.74, 6) is 0.125. The summed E-state index contributed by atoms with van der Waals surface area (Å²) in [6.07, 6.45) is 6.94. The number of amides is 1. The largest absolute Gasteiger partial charge is 0.388 e. The number of aromatic nitrogens is 4. The number of piperidine rings is 2. The summed E-state index contributed by atoms with van der Waals surface area (Å²) in [6, 6.07) is 22.4. The zero-order valence-corrected chi connectivity index (χ0v) is 26.3. The Balaban J connectivity index is 1.02. The van der Waals surface area contributed by atoms with Gasteiger partial charge >= 0.3 is 0 Å². The van der Waals surface area contributed by atoms with Gasteiger partial charge in [0, 0.05) is 67.9 Å². The van der Waals surface area contributed by atoms with Crippen molar-refractivity contribution >= 4 is 28.3 Å². The molecule has 0 aliphatic carbocycles. The lowest BCUT2D eigenvalue weighted by molar-refractivity contribution is -0.142. The molecule has 232 valence electrons. The summed E-state index contributed by atoms with van der Waals surface area (Å²) >= 11 is 1.73. The van der Waals surface area contributed by atoms with Crippen LogP contribution >= 0.6 is 11.3 Å². The van der Waals surface area contributed by atoms with Crippen molar-refractivity contribution in [1.29, 1.82) is 0 Å². The van der Waals surface area contributed by atoms with Crippen LogP contribution in [0.5, 0.6) is 0 Å². The molecule has 7 rings (SSSR count). The highest BCUT2D eigenvalue weighted by molar-refractivity contribution is 7.15. The average Bonchev–Trinajstić information content (AvgIpc) is 3.70. The fraction of sp³-hybridized carbons (Fsp3) is 0.371. The van der Waals surface area contributed by atoms with E-state index in [4.69, 9.17) is 0 Å². The van der Waals surface area contributed by atoms with Gasteiger partial charge in [-0.05, 0) is 37.4 Å². The van der Waals surface area contributed by atoms with Crippen LogP contribution in [0, 0.1) is 5.92 Å². The summed E-state index contributed by atoms with van der Waals surface area (Å²) in [6.45, 7) is 3.56. The highest BCUT2D eigenvalue weighted by Gasteiger charge is 2.41. The molecule has 1 amide bonds. The van der Waals surface area contributed by atoms with E-state index in [0.29, 0.717) is 37.0 Å². The number of fused-ring (bicyclic) bond motifs is 1. The van der Waals surface area contributed by atoms with Crippen LogP contribution in [0.3, 0.4) is 0 Å². The number of aliphatic hydroxyl groups is 1. The summed E-state index contributed by atoms with van der Waals surface area (Å²) in [4.78, 5) is 41.8. The highest BCUT2D eigenvalue weighted by atomic mass is 32.1.